The second-order valence-corrected chi connectivity index (χ2v) is 12.1. The summed E-state index contributed by atoms with van der Waals surface area (Å²) in [7, 11) is 0. The summed E-state index contributed by atoms with van der Waals surface area (Å²) in [6.45, 7) is 15.3. The molecule has 1 aromatic heterocycles. The molecule has 1 aliphatic heterocycles. The second-order valence-electron chi connectivity index (χ2n) is 12.1. The summed E-state index contributed by atoms with van der Waals surface area (Å²) < 4.78 is 4.35. The van der Waals surface area contributed by atoms with E-state index in [1.807, 2.05) is 12.3 Å². The van der Waals surface area contributed by atoms with E-state index in [1.165, 1.54) is 44.6 Å². The van der Waals surface area contributed by atoms with Crippen molar-refractivity contribution in [3.8, 4) is 22.4 Å². The summed E-state index contributed by atoms with van der Waals surface area (Å²) in [5.41, 5.74) is 14.6. The van der Waals surface area contributed by atoms with Gasteiger partial charge < -0.3 is 4.98 Å². The molecule has 0 saturated carbocycles. The molecule has 0 atom stereocenters. The number of aryl methyl sites for hydroxylation is 3. The van der Waals surface area contributed by atoms with Gasteiger partial charge >= 0.3 is 6.01 Å². The van der Waals surface area contributed by atoms with Crippen LogP contribution in [-0.2, 0) is 25.5 Å². The number of benzene rings is 4. The van der Waals surface area contributed by atoms with Crippen molar-refractivity contribution in [2.24, 2.45) is 0 Å². The van der Waals surface area contributed by atoms with Gasteiger partial charge in [-0.05, 0) is 49.9 Å². The number of para-hydroxylation sites is 2. The first-order valence-corrected chi connectivity index (χ1v) is 14.7. The minimum atomic E-state index is -0.00719. The van der Waals surface area contributed by atoms with Crippen LogP contribution < -0.4 is 4.58 Å². The van der Waals surface area contributed by atoms with Gasteiger partial charge in [-0.15, -0.1) is 52.6 Å². The average Bonchev–Trinajstić information content (AvgIpc) is 3.49. The van der Waals surface area contributed by atoms with Crippen LogP contribution >= 0.6 is 0 Å². The monoisotopic (exact) mass is 740 g/mol. The number of hydrogen-bond acceptors (Lipinski definition) is 1. The summed E-state index contributed by atoms with van der Waals surface area (Å²) in [6, 6.07) is 40.6. The molecule has 0 spiro atoms. The molecule has 217 valence electrons. The SMILES string of the molecule is CC(C)[N+]1=C=[N+](c2[c-]cc3c(c2)C(C)(C)c2ccccc2-3)c2ccccc21.Cc1c[c-]c(-c2cc(C)c(C)cn2)cc1.[Ir]. The van der Waals surface area contributed by atoms with E-state index >= 15 is 0 Å². The number of aromatic nitrogens is 1. The molecule has 4 heteroatoms. The van der Waals surface area contributed by atoms with E-state index in [0.717, 1.165) is 22.6 Å². The number of pyridine rings is 1. The summed E-state index contributed by atoms with van der Waals surface area (Å²) in [5.74, 6) is 0. The van der Waals surface area contributed by atoms with Gasteiger partial charge in [0.1, 0.15) is 5.69 Å². The van der Waals surface area contributed by atoms with E-state index in [0.29, 0.717) is 6.04 Å². The van der Waals surface area contributed by atoms with E-state index in [2.05, 4.69) is 160 Å². The van der Waals surface area contributed by atoms with E-state index < -0.39 is 0 Å². The Labute approximate surface area is 269 Å². The third-order valence-corrected chi connectivity index (χ3v) is 8.46. The minimum Gasteiger partial charge on any atom is -0.304 e. The van der Waals surface area contributed by atoms with Crippen LogP contribution in [0, 0.1) is 32.9 Å². The Hall–Kier alpha value is -3.94. The van der Waals surface area contributed by atoms with Gasteiger partial charge in [-0.25, -0.2) is 0 Å². The zero-order valence-electron chi connectivity index (χ0n) is 25.9. The molecular weight excluding hydrogens is 703 g/mol. The number of fused-ring (bicyclic) bond motifs is 4. The van der Waals surface area contributed by atoms with Gasteiger partial charge in [-0.1, -0.05) is 89.6 Å². The fraction of sp³-hybridized carbons (Fsp3) is 0.231. The van der Waals surface area contributed by atoms with E-state index in [4.69, 9.17) is 0 Å². The molecule has 1 aliphatic carbocycles. The second kappa shape index (κ2) is 12.0. The van der Waals surface area contributed by atoms with E-state index in [9.17, 15) is 0 Å². The van der Waals surface area contributed by atoms with Gasteiger partial charge in [-0.3, -0.25) is 0 Å². The molecule has 0 bridgehead atoms. The first-order valence-electron chi connectivity index (χ1n) is 14.7. The normalized spacial score (nSPS) is 13.6. The molecule has 0 saturated heterocycles. The topological polar surface area (TPSA) is 18.9 Å². The predicted octanol–water partition coefficient (Wildman–Crippen LogP) is 9.34. The number of hydrogen-bond donors (Lipinski definition) is 0. The van der Waals surface area contributed by atoms with E-state index in [1.54, 1.807) is 0 Å². The molecular formula is C39H37IrN3. The Morgan fingerprint density at radius 3 is 2.19 bits per heavy atom. The molecule has 5 aromatic rings. The van der Waals surface area contributed by atoms with E-state index in [-0.39, 0.29) is 25.5 Å². The number of nitrogens with zero attached hydrogens (tertiary/aromatic N) is 3. The zero-order chi connectivity index (χ0) is 29.6. The first-order chi connectivity index (χ1) is 20.1. The fourth-order valence-electron chi connectivity index (χ4n) is 5.84. The number of rotatable bonds is 3. The third-order valence-electron chi connectivity index (χ3n) is 8.46. The maximum atomic E-state index is 4.41. The quantitative estimate of drug-likeness (QED) is 0.133. The molecule has 43 heavy (non-hydrogen) atoms. The van der Waals surface area contributed by atoms with Crippen LogP contribution in [0.5, 0.6) is 0 Å². The maximum absolute atomic E-state index is 4.41. The Bertz CT molecular complexity index is 1890. The molecule has 0 fully saturated rings. The Morgan fingerprint density at radius 2 is 1.49 bits per heavy atom. The van der Waals surface area contributed by atoms with Crippen molar-refractivity contribution in [3.63, 3.8) is 0 Å². The molecule has 0 amide bonds. The third kappa shape index (κ3) is 5.59. The van der Waals surface area contributed by atoms with Gasteiger partial charge in [0.15, 0.2) is 6.04 Å². The smallest absolute Gasteiger partial charge is 0.304 e. The van der Waals surface area contributed by atoms with Crippen LogP contribution in [-0.4, -0.2) is 21.6 Å². The first kappa shape index (κ1) is 30.5. The maximum Gasteiger partial charge on any atom is 0.494 e. The molecule has 3 nitrogen and oxygen atoms in total. The van der Waals surface area contributed by atoms with Crippen LogP contribution in [0.4, 0.5) is 17.1 Å². The Balaban J connectivity index is 0.000000197. The van der Waals surface area contributed by atoms with Crippen molar-refractivity contribution >= 4 is 23.1 Å². The van der Waals surface area contributed by atoms with Gasteiger partial charge in [0.2, 0.25) is 0 Å². The standard InChI is InChI=1S/C25H23N2.C14H14N.Ir/c1-17(2)26-16-27(24-12-8-7-11-23(24)26)18-13-14-20-19-9-5-6-10-21(19)25(3,4)22(20)15-18;1-10-4-6-13(7-5-10)14-8-11(2)12(3)9-15-14;/h5-12,14-15,17H,1-4H3;4-6,8-9H,1-3H3;/q+1;-1;. The largest absolute Gasteiger partial charge is 0.494 e. The van der Waals surface area contributed by atoms with Crippen LogP contribution in [0.1, 0.15) is 55.5 Å². The van der Waals surface area contributed by atoms with Gasteiger partial charge in [0.25, 0.3) is 11.4 Å². The van der Waals surface area contributed by atoms with Gasteiger partial charge in [-0.2, -0.15) is 6.07 Å². The van der Waals surface area contributed by atoms with Crippen molar-refractivity contribution in [3.05, 3.63) is 131 Å². The summed E-state index contributed by atoms with van der Waals surface area (Å²) in [5, 5.41) is 0. The van der Waals surface area contributed by atoms with Crippen LogP contribution in [0.3, 0.4) is 0 Å². The van der Waals surface area contributed by atoms with Crippen molar-refractivity contribution < 1.29 is 24.7 Å². The molecule has 7 rings (SSSR count). The van der Waals surface area contributed by atoms with Crippen LogP contribution in [0.2, 0.25) is 0 Å². The summed E-state index contributed by atoms with van der Waals surface area (Å²) >= 11 is 0. The van der Waals surface area contributed by atoms with Crippen LogP contribution in [0.25, 0.3) is 22.4 Å². The van der Waals surface area contributed by atoms with Crippen molar-refractivity contribution in [1.82, 2.24) is 9.56 Å². The average molecular weight is 740 g/mol. The Kier molecular flexibility index (Phi) is 8.50. The summed E-state index contributed by atoms with van der Waals surface area (Å²) in [6.07, 6.45) is 1.92. The van der Waals surface area contributed by atoms with Crippen LogP contribution in [0.15, 0.2) is 91.1 Å². The van der Waals surface area contributed by atoms with Crippen molar-refractivity contribution in [2.45, 2.75) is 59.9 Å². The molecule has 2 heterocycles. The van der Waals surface area contributed by atoms with Crippen molar-refractivity contribution in [1.29, 1.82) is 0 Å². The predicted molar refractivity (Wildman–Crippen MR) is 174 cm³/mol. The molecule has 0 N–H and O–H groups in total. The molecule has 1 radical (unpaired) electrons. The zero-order valence-corrected chi connectivity index (χ0v) is 28.3. The molecule has 4 aromatic carbocycles. The molecule has 0 unspecified atom stereocenters. The minimum absolute atomic E-state index is 0. The van der Waals surface area contributed by atoms with Gasteiger partial charge in [0, 0.05) is 38.4 Å². The van der Waals surface area contributed by atoms with Crippen molar-refractivity contribution in [2.75, 3.05) is 0 Å². The van der Waals surface area contributed by atoms with Gasteiger partial charge in [0.05, 0.1) is 0 Å². The fourth-order valence-corrected chi connectivity index (χ4v) is 5.84. The summed E-state index contributed by atoms with van der Waals surface area (Å²) in [4.78, 5) is 4.41. The molecule has 2 aliphatic rings. The Morgan fingerprint density at radius 1 is 0.767 bits per heavy atom.